The van der Waals surface area contributed by atoms with Gasteiger partial charge in [-0.05, 0) is 63.8 Å². The average molecular weight is 579 g/mol. The Labute approximate surface area is 242 Å². The fourth-order valence-electron chi connectivity index (χ4n) is 6.25. The van der Waals surface area contributed by atoms with Gasteiger partial charge < -0.3 is 20.2 Å². The van der Waals surface area contributed by atoms with Crippen molar-refractivity contribution in [3.63, 3.8) is 0 Å². The second-order valence-electron chi connectivity index (χ2n) is 11.2. The molecule has 0 saturated carbocycles. The van der Waals surface area contributed by atoms with Crippen molar-refractivity contribution in [3.8, 4) is 0 Å². The van der Waals surface area contributed by atoms with E-state index in [0.717, 1.165) is 47.8 Å². The number of piperidine rings is 2. The SMILES string of the molecule is CC(C(=O)O)N1CCC(n2c(=O)[nH]c3ccccc32)CC1.CC(C(=O)O)N1CCC(n2c(=O)[nH]c3ccccc32)CC1. The fourth-order valence-corrected chi connectivity index (χ4v) is 6.25. The lowest BCUT2D eigenvalue weighted by molar-refractivity contribution is -0.144. The second-order valence-corrected chi connectivity index (χ2v) is 11.2. The van der Waals surface area contributed by atoms with Crippen molar-refractivity contribution >= 4 is 34.0 Å². The molecule has 2 aliphatic heterocycles. The Morgan fingerprint density at radius 2 is 1.00 bits per heavy atom. The van der Waals surface area contributed by atoms with Crippen LogP contribution in [-0.2, 0) is 9.59 Å². The van der Waals surface area contributed by atoms with Crippen molar-refractivity contribution in [2.45, 2.75) is 63.7 Å². The largest absolute Gasteiger partial charge is 0.480 e. The molecule has 2 fully saturated rings. The number of imidazole rings is 2. The normalized spacial score (nSPS) is 18.9. The summed E-state index contributed by atoms with van der Waals surface area (Å²) in [6.07, 6.45) is 3.16. The van der Waals surface area contributed by atoms with Crippen LogP contribution in [-0.4, -0.2) is 89.3 Å². The molecule has 224 valence electrons. The predicted octanol–water partition coefficient (Wildman–Crippen LogP) is 2.88. The Morgan fingerprint density at radius 1 is 0.667 bits per heavy atom. The topological polar surface area (TPSA) is 157 Å². The zero-order valence-electron chi connectivity index (χ0n) is 23.9. The molecule has 0 spiro atoms. The molecule has 4 heterocycles. The fraction of sp³-hybridized carbons (Fsp3) is 0.467. The molecule has 6 rings (SSSR count). The molecule has 4 aromatic rings. The van der Waals surface area contributed by atoms with E-state index in [1.54, 1.807) is 13.8 Å². The van der Waals surface area contributed by atoms with Crippen LogP contribution in [0.2, 0.25) is 0 Å². The number of para-hydroxylation sites is 4. The Bertz CT molecular complexity index is 1540. The molecule has 2 aliphatic rings. The van der Waals surface area contributed by atoms with Crippen LogP contribution in [0.3, 0.4) is 0 Å². The zero-order valence-corrected chi connectivity index (χ0v) is 23.9. The highest BCUT2D eigenvalue weighted by atomic mass is 16.4. The summed E-state index contributed by atoms with van der Waals surface area (Å²) >= 11 is 0. The number of fused-ring (bicyclic) bond motifs is 2. The lowest BCUT2D eigenvalue weighted by Crippen LogP contribution is -2.45. The van der Waals surface area contributed by atoms with Gasteiger partial charge in [-0.1, -0.05) is 24.3 Å². The van der Waals surface area contributed by atoms with Crippen molar-refractivity contribution in [1.82, 2.24) is 28.9 Å². The molecule has 2 aromatic carbocycles. The maximum Gasteiger partial charge on any atom is 0.326 e. The molecule has 2 aromatic heterocycles. The summed E-state index contributed by atoms with van der Waals surface area (Å²) < 4.78 is 3.64. The van der Waals surface area contributed by atoms with E-state index < -0.39 is 24.0 Å². The molecular formula is C30H38N6O6. The maximum absolute atomic E-state index is 12.2. The minimum Gasteiger partial charge on any atom is -0.480 e. The van der Waals surface area contributed by atoms with Gasteiger partial charge in [0.15, 0.2) is 0 Å². The summed E-state index contributed by atoms with van der Waals surface area (Å²) in [5, 5.41) is 18.1. The number of carboxylic acid groups (broad SMARTS) is 2. The number of carboxylic acids is 2. The standard InChI is InChI=1S/2C15H19N3O3/c2*1-10(14(19)20)17-8-6-11(7-9-17)18-13-5-3-2-4-12(13)16-15(18)21/h2*2-5,10-11H,6-9H2,1H3,(H,16,21)(H,19,20). The Hall–Kier alpha value is -4.16. The van der Waals surface area contributed by atoms with Crippen LogP contribution in [0.5, 0.6) is 0 Å². The molecule has 2 saturated heterocycles. The zero-order chi connectivity index (χ0) is 30.0. The highest BCUT2D eigenvalue weighted by Crippen LogP contribution is 2.27. The van der Waals surface area contributed by atoms with E-state index in [2.05, 4.69) is 9.97 Å². The molecule has 42 heavy (non-hydrogen) atoms. The molecule has 0 bridgehead atoms. The van der Waals surface area contributed by atoms with Gasteiger partial charge >= 0.3 is 23.3 Å². The summed E-state index contributed by atoms with van der Waals surface area (Å²) in [5.41, 5.74) is 3.38. The van der Waals surface area contributed by atoms with Gasteiger partial charge in [0.2, 0.25) is 0 Å². The van der Waals surface area contributed by atoms with Gasteiger partial charge in [0, 0.05) is 38.3 Å². The molecule has 0 amide bonds. The predicted molar refractivity (Wildman–Crippen MR) is 159 cm³/mol. The van der Waals surface area contributed by atoms with Crippen molar-refractivity contribution in [1.29, 1.82) is 0 Å². The van der Waals surface area contributed by atoms with E-state index >= 15 is 0 Å². The highest BCUT2D eigenvalue weighted by Gasteiger charge is 2.29. The third-order valence-electron chi connectivity index (χ3n) is 8.79. The number of hydrogen-bond donors (Lipinski definition) is 4. The number of nitrogens with zero attached hydrogens (tertiary/aromatic N) is 4. The quantitative estimate of drug-likeness (QED) is 0.272. The first-order chi connectivity index (χ1) is 20.2. The molecule has 2 atom stereocenters. The lowest BCUT2D eigenvalue weighted by Gasteiger charge is -2.34. The van der Waals surface area contributed by atoms with Gasteiger partial charge in [-0.2, -0.15) is 0 Å². The lowest BCUT2D eigenvalue weighted by atomic mass is 10.0. The molecule has 4 N–H and O–H groups in total. The second kappa shape index (κ2) is 12.4. The summed E-state index contributed by atoms with van der Waals surface area (Å²) in [7, 11) is 0. The third-order valence-corrected chi connectivity index (χ3v) is 8.79. The van der Waals surface area contributed by atoms with Crippen LogP contribution in [0, 0.1) is 0 Å². The molecule has 12 heteroatoms. The monoisotopic (exact) mass is 578 g/mol. The van der Waals surface area contributed by atoms with Gasteiger partial charge in [-0.3, -0.25) is 28.5 Å². The first-order valence-electron chi connectivity index (χ1n) is 14.5. The first-order valence-corrected chi connectivity index (χ1v) is 14.5. The highest BCUT2D eigenvalue weighted by molar-refractivity contribution is 5.76. The van der Waals surface area contributed by atoms with Gasteiger partial charge in [-0.25, -0.2) is 9.59 Å². The van der Waals surface area contributed by atoms with Gasteiger partial charge in [0.1, 0.15) is 12.1 Å². The van der Waals surface area contributed by atoms with Crippen molar-refractivity contribution in [2.24, 2.45) is 0 Å². The number of likely N-dealkylation sites (tertiary alicyclic amines) is 2. The molecule has 2 unspecified atom stereocenters. The van der Waals surface area contributed by atoms with Crippen molar-refractivity contribution in [3.05, 3.63) is 69.5 Å². The summed E-state index contributed by atoms with van der Waals surface area (Å²) in [4.78, 5) is 56.1. The number of H-pyrrole nitrogens is 2. The van der Waals surface area contributed by atoms with Crippen LogP contribution in [0.4, 0.5) is 0 Å². The minimum absolute atomic E-state index is 0.0825. The van der Waals surface area contributed by atoms with E-state index in [-0.39, 0.29) is 23.5 Å². The maximum atomic E-state index is 12.2. The van der Waals surface area contributed by atoms with Crippen LogP contribution in [0.1, 0.15) is 51.6 Å². The van der Waals surface area contributed by atoms with Gasteiger partial charge in [0.05, 0.1) is 22.1 Å². The Balaban J connectivity index is 0.000000168. The number of aliphatic carboxylic acids is 2. The molecule has 0 radical (unpaired) electrons. The first kappa shape index (κ1) is 29.3. The number of nitrogens with one attached hydrogen (secondary N) is 2. The van der Waals surface area contributed by atoms with E-state index in [1.807, 2.05) is 67.5 Å². The third kappa shape index (κ3) is 5.90. The Kier molecular flexibility index (Phi) is 8.64. The van der Waals surface area contributed by atoms with Gasteiger partial charge in [0.25, 0.3) is 0 Å². The summed E-state index contributed by atoms with van der Waals surface area (Å²) in [5.74, 6) is -1.59. The minimum atomic E-state index is -0.794. The number of benzene rings is 2. The number of hydrogen-bond acceptors (Lipinski definition) is 6. The van der Waals surface area contributed by atoms with Crippen LogP contribution < -0.4 is 11.4 Å². The Morgan fingerprint density at radius 3 is 1.33 bits per heavy atom. The van der Waals surface area contributed by atoms with E-state index in [0.29, 0.717) is 26.2 Å². The molecular weight excluding hydrogens is 540 g/mol. The smallest absolute Gasteiger partial charge is 0.326 e. The van der Waals surface area contributed by atoms with Crippen LogP contribution >= 0.6 is 0 Å². The van der Waals surface area contributed by atoms with Crippen molar-refractivity contribution < 1.29 is 19.8 Å². The number of carbonyl (C=O) groups is 2. The van der Waals surface area contributed by atoms with E-state index in [9.17, 15) is 19.2 Å². The van der Waals surface area contributed by atoms with E-state index in [1.165, 1.54) is 0 Å². The molecule has 12 nitrogen and oxygen atoms in total. The molecule has 0 aliphatic carbocycles. The van der Waals surface area contributed by atoms with E-state index in [4.69, 9.17) is 10.2 Å². The van der Waals surface area contributed by atoms with Crippen molar-refractivity contribution in [2.75, 3.05) is 26.2 Å². The number of aromatic nitrogens is 4. The van der Waals surface area contributed by atoms with Crippen LogP contribution in [0.25, 0.3) is 22.1 Å². The summed E-state index contributed by atoms with van der Waals surface area (Å²) in [6.45, 7) is 6.21. The average Bonchev–Trinajstić information content (AvgIpc) is 3.51. The number of rotatable bonds is 6. The number of aromatic amines is 2. The van der Waals surface area contributed by atoms with Gasteiger partial charge in [-0.15, -0.1) is 0 Å². The summed E-state index contributed by atoms with van der Waals surface area (Å²) in [6, 6.07) is 14.7. The van der Waals surface area contributed by atoms with Crippen LogP contribution in [0.15, 0.2) is 58.1 Å².